The van der Waals surface area contributed by atoms with E-state index in [-0.39, 0.29) is 42.8 Å². The minimum atomic E-state index is -0.656. The summed E-state index contributed by atoms with van der Waals surface area (Å²) >= 11 is 0. The number of piperazine rings is 1. The lowest BCUT2D eigenvalue weighted by Crippen LogP contribution is -2.61. The predicted molar refractivity (Wildman–Crippen MR) is 129 cm³/mol. The summed E-state index contributed by atoms with van der Waals surface area (Å²) in [5.41, 5.74) is 1.55. The van der Waals surface area contributed by atoms with Crippen LogP contribution in [0.4, 0.5) is 0 Å². The van der Waals surface area contributed by atoms with E-state index < -0.39 is 12.1 Å². The predicted octanol–water partition coefficient (Wildman–Crippen LogP) is -0.00940. The van der Waals surface area contributed by atoms with Crippen LogP contribution in [0.1, 0.15) is 59.3 Å². The molecule has 0 saturated carbocycles. The average Bonchev–Trinajstić information content (AvgIpc) is 2.76. The zero-order valence-corrected chi connectivity index (χ0v) is 20.8. The fourth-order valence-electron chi connectivity index (χ4n) is 3.34. The number of carbonyl (C=O) groups is 5. The van der Waals surface area contributed by atoms with E-state index in [1.807, 2.05) is 0 Å². The van der Waals surface area contributed by atoms with Gasteiger partial charge in [0.25, 0.3) is 0 Å². The van der Waals surface area contributed by atoms with Gasteiger partial charge in [-0.1, -0.05) is 11.1 Å². The van der Waals surface area contributed by atoms with Gasteiger partial charge in [0, 0.05) is 45.2 Å². The molecular weight excluding hydrogens is 456 g/mol. The van der Waals surface area contributed by atoms with E-state index in [4.69, 9.17) is 9.84 Å². The largest absolute Gasteiger partial charge is 0.466 e. The van der Waals surface area contributed by atoms with Crippen LogP contribution in [0.25, 0.3) is 0 Å². The normalized spacial score (nSPS) is 18.4. The Kier molecular flexibility index (Phi) is 14.0. The molecule has 11 heteroatoms. The summed E-state index contributed by atoms with van der Waals surface area (Å²) in [6.07, 6.45) is 5.57. The van der Waals surface area contributed by atoms with Crippen LogP contribution in [0, 0.1) is 0 Å². The highest BCUT2D eigenvalue weighted by Gasteiger charge is 2.32. The fraction of sp³-hybridized carbons (Fsp3) is 0.625. The van der Waals surface area contributed by atoms with Crippen LogP contribution >= 0.6 is 0 Å². The standard InChI is InChI=1S/C24H38N4O7/c1-16(8-12-29)14-21(31)25-10-4-6-19-23(33)28-20(24(34)27-19)7-5-11-26-22(32)15-17(2)9-13-35-18(3)30/h14-15,19-20,29H,4-13H2,1-3H3,(H,25,31)(H,26,32)(H,27,34)(H,28,33). The summed E-state index contributed by atoms with van der Waals surface area (Å²) < 4.78 is 4.83. The molecule has 0 aromatic heterocycles. The van der Waals surface area contributed by atoms with Gasteiger partial charge in [0.15, 0.2) is 0 Å². The lowest BCUT2D eigenvalue weighted by Gasteiger charge is -2.29. The van der Waals surface area contributed by atoms with Crippen LogP contribution in [0.2, 0.25) is 0 Å². The van der Waals surface area contributed by atoms with Gasteiger partial charge in [-0.3, -0.25) is 24.0 Å². The molecule has 1 fully saturated rings. The molecule has 2 unspecified atom stereocenters. The number of rotatable bonds is 15. The molecule has 1 aliphatic rings. The van der Waals surface area contributed by atoms with Crippen molar-refractivity contribution in [2.75, 3.05) is 26.3 Å². The van der Waals surface area contributed by atoms with Gasteiger partial charge in [0.05, 0.1) is 6.61 Å². The Hall–Kier alpha value is -3.21. The number of ether oxygens (including phenoxy) is 1. The van der Waals surface area contributed by atoms with Crippen LogP contribution in [0.5, 0.6) is 0 Å². The van der Waals surface area contributed by atoms with Crippen LogP contribution in [-0.4, -0.2) is 73.1 Å². The van der Waals surface area contributed by atoms with E-state index >= 15 is 0 Å². The van der Waals surface area contributed by atoms with E-state index in [0.29, 0.717) is 51.6 Å². The molecule has 0 radical (unpaired) electrons. The molecule has 0 aliphatic carbocycles. The van der Waals surface area contributed by atoms with Crippen molar-refractivity contribution < 1.29 is 33.8 Å². The Labute approximate surface area is 206 Å². The summed E-state index contributed by atoms with van der Waals surface area (Å²) in [6.45, 7) is 5.77. The second-order valence-electron chi connectivity index (χ2n) is 8.53. The minimum absolute atomic E-state index is 0.0149. The van der Waals surface area contributed by atoms with E-state index in [1.165, 1.54) is 19.1 Å². The average molecular weight is 495 g/mol. The van der Waals surface area contributed by atoms with Crippen molar-refractivity contribution in [1.82, 2.24) is 21.3 Å². The summed E-state index contributed by atoms with van der Waals surface area (Å²) in [6, 6.07) is -1.31. The third kappa shape index (κ3) is 13.3. The molecule has 196 valence electrons. The topological polar surface area (TPSA) is 163 Å². The van der Waals surface area contributed by atoms with Crippen molar-refractivity contribution in [3.63, 3.8) is 0 Å². The zero-order chi connectivity index (χ0) is 26.2. The monoisotopic (exact) mass is 494 g/mol. The van der Waals surface area contributed by atoms with Gasteiger partial charge >= 0.3 is 5.97 Å². The summed E-state index contributed by atoms with van der Waals surface area (Å²) in [5, 5.41) is 19.7. The molecule has 0 aromatic carbocycles. The lowest BCUT2D eigenvalue weighted by atomic mass is 10.0. The smallest absolute Gasteiger partial charge is 0.302 e. The number of nitrogens with one attached hydrogen (secondary N) is 4. The van der Waals surface area contributed by atoms with Crippen molar-refractivity contribution in [3.8, 4) is 0 Å². The lowest BCUT2D eigenvalue weighted by molar-refractivity contribution is -0.140. The van der Waals surface area contributed by atoms with Crippen LogP contribution in [0.15, 0.2) is 23.3 Å². The van der Waals surface area contributed by atoms with E-state index in [2.05, 4.69) is 21.3 Å². The molecule has 4 amide bonds. The fourth-order valence-corrected chi connectivity index (χ4v) is 3.34. The van der Waals surface area contributed by atoms with Crippen molar-refractivity contribution in [1.29, 1.82) is 0 Å². The minimum Gasteiger partial charge on any atom is -0.466 e. The first-order chi connectivity index (χ1) is 16.6. The first-order valence-corrected chi connectivity index (χ1v) is 11.9. The summed E-state index contributed by atoms with van der Waals surface area (Å²) in [7, 11) is 0. The molecule has 35 heavy (non-hydrogen) atoms. The van der Waals surface area contributed by atoms with Gasteiger partial charge in [0.2, 0.25) is 23.6 Å². The van der Waals surface area contributed by atoms with Gasteiger partial charge in [0.1, 0.15) is 12.1 Å². The highest BCUT2D eigenvalue weighted by atomic mass is 16.5. The van der Waals surface area contributed by atoms with Crippen LogP contribution < -0.4 is 21.3 Å². The molecule has 0 aromatic rings. The first-order valence-electron chi connectivity index (χ1n) is 11.9. The maximum absolute atomic E-state index is 12.3. The van der Waals surface area contributed by atoms with Gasteiger partial charge in [-0.15, -0.1) is 0 Å². The molecule has 1 heterocycles. The molecule has 1 saturated heterocycles. The van der Waals surface area contributed by atoms with Crippen molar-refractivity contribution in [2.24, 2.45) is 0 Å². The molecule has 1 aliphatic heterocycles. The van der Waals surface area contributed by atoms with Crippen molar-refractivity contribution in [3.05, 3.63) is 23.3 Å². The number of amides is 4. The molecule has 2 atom stereocenters. The number of esters is 1. The van der Waals surface area contributed by atoms with Crippen LogP contribution in [0.3, 0.4) is 0 Å². The van der Waals surface area contributed by atoms with Gasteiger partial charge in [-0.25, -0.2) is 0 Å². The number of hydrogen-bond donors (Lipinski definition) is 5. The number of hydrogen-bond acceptors (Lipinski definition) is 7. The SMILES string of the molecule is CC(=O)OCCC(C)=CC(=O)NCCCC1NC(=O)C(CCCNC(=O)C=C(C)CCO)NC1=O. The molecule has 1 rings (SSSR count). The number of aliphatic hydroxyl groups excluding tert-OH is 1. The Morgan fingerprint density at radius 2 is 1.31 bits per heavy atom. The second kappa shape index (κ2) is 16.4. The highest BCUT2D eigenvalue weighted by Crippen LogP contribution is 2.08. The summed E-state index contributed by atoms with van der Waals surface area (Å²) in [5.74, 6) is -1.43. The highest BCUT2D eigenvalue weighted by molar-refractivity contribution is 5.96. The van der Waals surface area contributed by atoms with Crippen molar-refractivity contribution in [2.45, 2.75) is 71.4 Å². The van der Waals surface area contributed by atoms with Gasteiger partial charge in [-0.05, 0) is 46.0 Å². The first kappa shape index (κ1) is 29.8. The van der Waals surface area contributed by atoms with Crippen molar-refractivity contribution >= 4 is 29.6 Å². The maximum Gasteiger partial charge on any atom is 0.302 e. The Balaban J connectivity index is 2.26. The molecule has 0 bridgehead atoms. The second-order valence-corrected chi connectivity index (χ2v) is 8.53. The quantitative estimate of drug-likeness (QED) is 0.121. The number of carbonyl (C=O) groups excluding carboxylic acids is 5. The molecular formula is C24H38N4O7. The van der Waals surface area contributed by atoms with E-state index in [1.54, 1.807) is 13.8 Å². The summed E-state index contributed by atoms with van der Waals surface area (Å²) in [4.78, 5) is 59.1. The third-order valence-corrected chi connectivity index (χ3v) is 5.27. The zero-order valence-electron chi connectivity index (χ0n) is 20.8. The van der Waals surface area contributed by atoms with Gasteiger partial charge in [-0.2, -0.15) is 0 Å². The Morgan fingerprint density at radius 3 is 1.74 bits per heavy atom. The van der Waals surface area contributed by atoms with Crippen LogP contribution in [-0.2, 0) is 28.7 Å². The van der Waals surface area contributed by atoms with E-state index in [0.717, 1.165) is 11.1 Å². The van der Waals surface area contributed by atoms with E-state index in [9.17, 15) is 24.0 Å². The molecule has 11 nitrogen and oxygen atoms in total. The third-order valence-electron chi connectivity index (χ3n) is 5.27. The Morgan fingerprint density at radius 1 is 0.857 bits per heavy atom. The maximum atomic E-state index is 12.3. The molecule has 0 spiro atoms. The number of aliphatic hydroxyl groups is 1. The molecule has 5 N–H and O–H groups in total. The Bertz CT molecular complexity index is 823. The van der Waals surface area contributed by atoms with Gasteiger partial charge < -0.3 is 31.1 Å².